The molecule has 0 aliphatic heterocycles. The van der Waals surface area contributed by atoms with Crippen LogP contribution < -0.4 is 4.72 Å². The Balaban J connectivity index is 1.92. The van der Waals surface area contributed by atoms with Crippen LogP contribution in [0.1, 0.15) is 18.8 Å². The molecule has 3 rings (SSSR count). The Hall–Kier alpha value is -2.72. The van der Waals surface area contributed by atoms with Crippen molar-refractivity contribution in [3.63, 3.8) is 0 Å². The van der Waals surface area contributed by atoms with Gasteiger partial charge >= 0.3 is 0 Å². The first kappa shape index (κ1) is 17.1. The van der Waals surface area contributed by atoms with Crippen molar-refractivity contribution < 1.29 is 17.2 Å². The highest BCUT2D eigenvalue weighted by atomic mass is 32.2. The van der Waals surface area contributed by atoms with E-state index in [0.717, 1.165) is 18.2 Å². The quantitative estimate of drug-likeness (QED) is 0.747. The SMILES string of the molecule is CC(NS(=O)(=O)c1cccc(F)c1F)c1nnnn1-c1ccccc1. The van der Waals surface area contributed by atoms with E-state index in [-0.39, 0.29) is 5.82 Å². The molecule has 0 saturated heterocycles. The summed E-state index contributed by atoms with van der Waals surface area (Å²) in [4.78, 5) is -0.780. The molecule has 0 radical (unpaired) electrons. The van der Waals surface area contributed by atoms with E-state index in [0.29, 0.717) is 5.69 Å². The molecular weight excluding hydrogens is 352 g/mol. The molecule has 1 heterocycles. The minimum atomic E-state index is -4.31. The number of halogens is 2. The van der Waals surface area contributed by atoms with Crippen molar-refractivity contribution in [2.75, 3.05) is 0 Å². The lowest BCUT2D eigenvalue weighted by molar-refractivity contribution is 0.481. The van der Waals surface area contributed by atoms with Crippen LogP contribution in [0, 0.1) is 11.6 Å². The van der Waals surface area contributed by atoms with Gasteiger partial charge in [-0.3, -0.25) is 0 Å². The average Bonchev–Trinajstić information content (AvgIpc) is 3.07. The van der Waals surface area contributed by atoms with Crippen molar-refractivity contribution in [3.8, 4) is 5.69 Å². The van der Waals surface area contributed by atoms with E-state index >= 15 is 0 Å². The number of tetrazole rings is 1. The third-order valence-corrected chi connectivity index (χ3v) is 4.98. The summed E-state index contributed by atoms with van der Waals surface area (Å²) in [5.41, 5.74) is 0.630. The fraction of sp³-hybridized carbons (Fsp3) is 0.133. The topological polar surface area (TPSA) is 89.8 Å². The van der Waals surface area contributed by atoms with Crippen molar-refractivity contribution in [1.29, 1.82) is 0 Å². The summed E-state index contributed by atoms with van der Waals surface area (Å²) < 4.78 is 55.4. The van der Waals surface area contributed by atoms with Gasteiger partial charge in [-0.2, -0.15) is 4.68 Å². The normalized spacial score (nSPS) is 12.9. The van der Waals surface area contributed by atoms with Crippen LogP contribution in [-0.4, -0.2) is 28.6 Å². The smallest absolute Gasteiger partial charge is 0.207 e. The van der Waals surface area contributed by atoms with Gasteiger partial charge in [-0.25, -0.2) is 21.9 Å². The Morgan fingerprint density at radius 1 is 1.08 bits per heavy atom. The van der Waals surface area contributed by atoms with Crippen LogP contribution in [0.4, 0.5) is 8.78 Å². The summed E-state index contributed by atoms with van der Waals surface area (Å²) >= 11 is 0. The van der Waals surface area contributed by atoms with Crippen molar-refractivity contribution in [2.45, 2.75) is 17.9 Å². The number of aromatic nitrogens is 4. The van der Waals surface area contributed by atoms with Gasteiger partial charge in [-0.1, -0.05) is 24.3 Å². The Morgan fingerprint density at radius 2 is 1.80 bits per heavy atom. The monoisotopic (exact) mass is 365 g/mol. The number of nitrogens with zero attached hydrogens (tertiary/aromatic N) is 4. The molecular formula is C15H13F2N5O2S. The number of sulfonamides is 1. The van der Waals surface area contributed by atoms with Gasteiger partial charge in [0.2, 0.25) is 10.0 Å². The first-order valence-electron chi connectivity index (χ1n) is 7.20. The van der Waals surface area contributed by atoms with Crippen LogP contribution in [0.3, 0.4) is 0 Å². The standard InChI is InChI=1S/C15H13F2N5O2S/c1-10(15-18-20-21-22(15)11-6-3-2-4-7-11)19-25(23,24)13-9-5-8-12(16)14(13)17/h2-10,19H,1H3. The van der Waals surface area contributed by atoms with E-state index < -0.39 is 32.6 Å². The predicted molar refractivity (Wildman–Crippen MR) is 84.2 cm³/mol. The second kappa shape index (κ2) is 6.65. The zero-order chi connectivity index (χ0) is 18.0. The molecule has 1 unspecified atom stereocenters. The lowest BCUT2D eigenvalue weighted by Gasteiger charge is -2.14. The maximum Gasteiger partial charge on any atom is 0.244 e. The molecule has 1 aromatic heterocycles. The third-order valence-electron chi connectivity index (χ3n) is 3.42. The van der Waals surface area contributed by atoms with Gasteiger partial charge in [0.1, 0.15) is 4.90 Å². The fourth-order valence-electron chi connectivity index (χ4n) is 2.26. The number of benzene rings is 2. The molecule has 10 heteroatoms. The number of hydrogen-bond acceptors (Lipinski definition) is 5. The zero-order valence-electron chi connectivity index (χ0n) is 13.0. The Kier molecular flexibility index (Phi) is 4.55. The summed E-state index contributed by atoms with van der Waals surface area (Å²) in [5, 5.41) is 11.2. The minimum Gasteiger partial charge on any atom is -0.207 e. The van der Waals surface area contributed by atoms with Crippen LogP contribution in [0.25, 0.3) is 5.69 Å². The molecule has 1 N–H and O–H groups in total. The summed E-state index contributed by atoms with van der Waals surface area (Å²) in [5.74, 6) is -2.49. The second-order valence-corrected chi connectivity index (χ2v) is 6.86. The molecule has 0 spiro atoms. The summed E-state index contributed by atoms with van der Waals surface area (Å²) in [7, 11) is -4.31. The van der Waals surface area contributed by atoms with Crippen LogP contribution in [0.15, 0.2) is 53.4 Å². The molecule has 0 bridgehead atoms. The molecule has 3 aromatic rings. The number of hydrogen-bond donors (Lipinski definition) is 1. The molecule has 0 saturated carbocycles. The molecule has 0 aliphatic carbocycles. The Bertz CT molecular complexity index is 992. The third kappa shape index (κ3) is 3.39. The molecule has 2 aromatic carbocycles. The molecule has 7 nitrogen and oxygen atoms in total. The predicted octanol–water partition coefficient (Wildman–Crippen LogP) is 1.98. The van der Waals surface area contributed by atoms with Crippen LogP contribution in [0.2, 0.25) is 0 Å². The Morgan fingerprint density at radius 3 is 2.52 bits per heavy atom. The number of para-hydroxylation sites is 1. The van der Waals surface area contributed by atoms with E-state index in [1.165, 1.54) is 11.6 Å². The largest absolute Gasteiger partial charge is 0.244 e. The van der Waals surface area contributed by atoms with Crippen LogP contribution in [-0.2, 0) is 10.0 Å². The maximum absolute atomic E-state index is 13.8. The zero-order valence-corrected chi connectivity index (χ0v) is 13.8. The first-order valence-corrected chi connectivity index (χ1v) is 8.68. The lowest BCUT2D eigenvalue weighted by atomic mass is 10.3. The molecule has 0 aliphatic rings. The van der Waals surface area contributed by atoms with Crippen LogP contribution in [0.5, 0.6) is 0 Å². The van der Waals surface area contributed by atoms with Gasteiger partial charge in [0.25, 0.3) is 0 Å². The Labute approximate surface area is 142 Å². The van der Waals surface area contributed by atoms with Gasteiger partial charge in [-0.15, -0.1) is 5.10 Å². The van der Waals surface area contributed by atoms with Gasteiger partial charge in [0.15, 0.2) is 17.5 Å². The average molecular weight is 365 g/mol. The van der Waals surface area contributed by atoms with Gasteiger partial charge in [-0.05, 0) is 41.6 Å². The van der Waals surface area contributed by atoms with E-state index in [2.05, 4.69) is 20.2 Å². The van der Waals surface area contributed by atoms with E-state index in [1.807, 2.05) is 6.07 Å². The van der Waals surface area contributed by atoms with E-state index in [4.69, 9.17) is 0 Å². The van der Waals surface area contributed by atoms with Gasteiger partial charge in [0.05, 0.1) is 11.7 Å². The second-order valence-electron chi connectivity index (χ2n) is 5.18. The molecule has 0 amide bonds. The molecule has 130 valence electrons. The van der Waals surface area contributed by atoms with Crippen molar-refractivity contribution in [1.82, 2.24) is 24.9 Å². The number of nitrogens with one attached hydrogen (secondary N) is 1. The highest BCUT2D eigenvalue weighted by Gasteiger charge is 2.26. The van der Waals surface area contributed by atoms with Crippen molar-refractivity contribution in [2.24, 2.45) is 0 Å². The summed E-state index contributed by atoms with van der Waals surface area (Å²) in [6.45, 7) is 1.50. The molecule has 0 fully saturated rings. The van der Waals surface area contributed by atoms with Gasteiger partial charge in [0, 0.05) is 0 Å². The minimum absolute atomic E-state index is 0.201. The highest BCUT2D eigenvalue weighted by Crippen LogP contribution is 2.20. The van der Waals surface area contributed by atoms with Crippen molar-refractivity contribution >= 4 is 10.0 Å². The number of rotatable bonds is 5. The summed E-state index contributed by atoms with van der Waals surface area (Å²) in [6, 6.07) is 10.9. The summed E-state index contributed by atoms with van der Waals surface area (Å²) in [6.07, 6.45) is 0. The molecule has 25 heavy (non-hydrogen) atoms. The van der Waals surface area contributed by atoms with Crippen LogP contribution >= 0.6 is 0 Å². The highest BCUT2D eigenvalue weighted by molar-refractivity contribution is 7.89. The lowest BCUT2D eigenvalue weighted by Crippen LogP contribution is -2.29. The van der Waals surface area contributed by atoms with E-state index in [1.54, 1.807) is 24.3 Å². The maximum atomic E-state index is 13.8. The van der Waals surface area contributed by atoms with Crippen molar-refractivity contribution in [3.05, 3.63) is 66.0 Å². The molecule has 1 atom stereocenters. The fourth-order valence-corrected chi connectivity index (χ4v) is 3.55. The van der Waals surface area contributed by atoms with Gasteiger partial charge < -0.3 is 0 Å². The first-order chi connectivity index (χ1) is 11.9. The van der Waals surface area contributed by atoms with E-state index in [9.17, 15) is 17.2 Å².